The summed E-state index contributed by atoms with van der Waals surface area (Å²) in [6.07, 6.45) is 0. The van der Waals surface area contributed by atoms with Crippen LogP contribution >= 0.6 is 11.6 Å². The molecule has 1 aliphatic carbocycles. The molecule has 0 N–H and O–H groups in total. The Morgan fingerprint density at radius 3 is 2.29 bits per heavy atom. The first-order chi connectivity index (χ1) is 9.99. The fraction of sp³-hybridized carbons (Fsp3) is 0.267. The molecule has 1 amide bonds. The summed E-state index contributed by atoms with van der Waals surface area (Å²) in [4.78, 5) is 37.8. The van der Waals surface area contributed by atoms with Gasteiger partial charge in [0, 0.05) is 31.7 Å². The fourth-order valence-corrected chi connectivity index (χ4v) is 2.47. The van der Waals surface area contributed by atoms with E-state index < -0.39 is 11.6 Å². The summed E-state index contributed by atoms with van der Waals surface area (Å²) in [6, 6.07) is 6.41. The van der Waals surface area contributed by atoms with Crippen LogP contribution in [0.5, 0.6) is 0 Å². The average molecular weight is 308 g/mol. The third kappa shape index (κ3) is 2.75. The van der Waals surface area contributed by atoms with Crippen molar-refractivity contribution >= 4 is 29.1 Å². The lowest BCUT2D eigenvalue weighted by Crippen LogP contribution is -2.38. The van der Waals surface area contributed by atoms with E-state index in [4.69, 9.17) is 16.3 Å². The normalized spacial score (nSPS) is 14.2. The van der Waals surface area contributed by atoms with Crippen LogP contribution in [0.2, 0.25) is 0 Å². The topological polar surface area (TPSA) is 63.7 Å². The molecule has 0 radical (unpaired) electrons. The molecule has 0 aromatic heterocycles. The molecule has 0 saturated heterocycles. The van der Waals surface area contributed by atoms with Crippen molar-refractivity contribution in [3.8, 4) is 0 Å². The molecule has 0 fully saturated rings. The van der Waals surface area contributed by atoms with Gasteiger partial charge in [-0.3, -0.25) is 14.4 Å². The molecule has 6 heteroatoms. The number of carbonyl (C=O) groups is 3. The summed E-state index contributed by atoms with van der Waals surface area (Å²) in [6.45, 7) is 1.69. The van der Waals surface area contributed by atoms with Crippen molar-refractivity contribution in [3.63, 3.8) is 0 Å². The molecule has 0 spiro atoms. The maximum absolute atomic E-state index is 12.6. The van der Waals surface area contributed by atoms with E-state index in [9.17, 15) is 14.4 Å². The molecule has 1 aliphatic rings. The van der Waals surface area contributed by atoms with Crippen molar-refractivity contribution in [3.05, 3.63) is 46.1 Å². The number of Topliss-reactive ketones (excluding diaryl/α,β-unsaturated/α-hetero) is 2. The monoisotopic (exact) mass is 307 g/mol. The molecule has 0 heterocycles. The van der Waals surface area contributed by atoms with Gasteiger partial charge in [-0.1, -0.05) is 35.9 Å². The van der Waals surface area contributed by atoms with Crippen LogP contribution in [0.1, 0.15) is 27.6 Å². The molecular weight excluding hydrogens is 294 g/mol. The lowest BCUT2D eigenvalue weighted by molar-refractivity contribution is -0.127. The summed E-state index contributed by atoms with van der Waals surface area (Å²) >= 11 is 6.05. The maximum atomic E-state index is 12.6. The summed E-state index contributed by atoms with van der Waals surface area (Å²) in [5.41, 5.74) is 0.432. The largest absolute Gasteiger partial charge is 0.383 e. The average Bonchev–Trinajstić information content (AvgIpc) is 2.48. The summed E-state index contributed by atoms with van der Waals surface area (Å²) in [7, 11) is 1.48. The second kappa shape index (κ2) is 6.20. The van der Waals surface area contributed by atoms with Crippen molar-refractivity contribution in [2.45, 2.75) is 6.92 Å². The molecule has 5 nitrogen and oxygen atoms in total. The Hall–Kier alpha value is -1.98. The van der Waals surface area contributed by atoms with E-state index >= 15 is 0 Å². The van der Waals surface area contributed by atoms with Gasteiger partial charge in [0.15, 0.2) is 0 Å². The van der Waals surface area contributed by atoms with Gasteiger partial charge in [-0.2, -0.15) is 0 Å². The lowest BCUT2D eigenvalue weighted by atomic mass is 9.92. The maximum Gasteiger partial charge on any atom is 0.224 e. The quantitative estimate of drug-likeness (QED) is 0.853. The minimum Gasteiger partial charge on any atom is -0.383 e. The molecular formula is C15H14ClNO4. The molecule has 21 heavy (non-hydrogen) atoms. The van der Waals surface area contributed by atoms with Gasteiger partial charge in [0.1, 0.15) is 10.7 Å². The number of ketones is 2. The van der Waals surface area contributed by atoms with E-state index in [0.717, 1.165) is 0 Å². The van der Waals surface area contributed by atoms with Gasteiger partial charge in [-0.15, -0.1) is 0 Å². The predicted octanol–water partition coefficient (Wildman–Crippen LogP) is 2.01. The zero-order chi connectivity index (χ0) is 15.6. The number of hydrogen-bond acceptors (Lipinski definition) is 4. The van der Waals surface area contributed by atoms with E-state index in [2.05, 4.69) is 0 Å². The Balaban J connectivity index is 2.52. The van der Waals surface area contributed by atoms with Gasteiger partial charge in [-0.25, -0.2) is 0 Å². The van der Waals surface area contributed by atoms with Crippen LogP contribution in [-0.4, -0.2) is 42.6 Å². The highest BCUT2D eigenvalue weighted by Crippen LogP contribution is 2.30. The number of allylic oxidation sites excluding steroid dienone is 2. The van der Waals surface area contributed by atoms with Crippen molar-refractivity contribution in [1.82, 2.24) is 4.90 Å². The van der Waals surface area contributed by atoms with Gasteiger partial charge in [0.05, 0.1) is 6.61 Å². The second-order valence-corrected chi connectivity index (χ2v) is 4.91. The minimum atomic E-state index is -0.453. The summed E-state index contributed by atoms with van der Waals surface area (Å²) in [5, 5.41) is -0.231. The van der Waals surface area contributed by atoms with Gasteiger partial charge in [0.25, 0.3) is 0 Å². The number of hydrogen-bond donors (Lipinski definition) is 0. The second-order valence-electron chi connectivity index (χ2n) is 4.53. The number of ether oxygens (including phenoxy) is 1. The molecule has 0 saturated carbocycles. The first-order valence-electron chi connectivity index (χ1n) is 6.34. The number of benzene rings is 1. The standard InChI is InChI=1S/C15H14ClNO4/c1-9(18)17(7-8-21-2)13-12(16)14(19)10-5-3-4-6-11(10)15(13)20/h3-6H,7-8H2,1-2H3. The zero-order valence-corrected chi connectivity index (χ0v) is 12.4. The highest BCUT2D eigenvalue weighted by Gasteiger charge is 2.35. The third-order valence-electron chi connectivity index (χ3n) is 3.21. The van der Waals surface area contributed by atoms with Crippen molar-refractivity contribution in [1.29, 1.82) is 0 Å². The van der Waals surface area contributed by atoms with Gasteiger partial charge >= 0.3 is 0 Å². The Labute approximate surface area is 127 Å². The highest BCUT2D eigenvalue weighted by molar-refractivity contribution is 6.50. The van der Waals surface area contributed by atoms with E-state index in [1.165, 1.54) is 18.9 Å². The van der Waals surface area contributed by atoms with Crippen LogP contribution in [0, 0.1) is 0 Å². The number of methoxy groups -OCH3 is 1. The van der Waals surface area contributed by atoms with Gasteiger partial charge in [-0.05, 0) is 0 Å². The van der Waals surface area contributed by atoms with E-state index in [1.807, 2.05) is 0 Å². The number of fused-ring (bicyclic) bond motifs is 1. The molecule has 110 valence electrons. The molecule has 0 aliphatic heterocycles. The molecule has 2 rings (SSSR count). The van der Waals surface area contributed by atoms with Crippen LogP contribution in [-0.2, 0) is 9.53 Å². The van der Waals surface area contributed by atoms with Crippen molar-refractivity contribution in [2.75, 3.05) is 20.3 Å². The zero-order valence-electron chi connectivity index (χ0n) is 11.7. The lowest BCUT2D eigenvalue weighted by Gasteiger charge is -2.27. The van der Waals surface area contributed by atoms with E-state index in [-0.39, 0.29) is 40.9 Å². The molecule has 0 unspecified atom stereocenters. The molecule has 0 atom stereocenters. The minimum absolute atomic E-state index is 0.0788. The number of rotatable bonds is 4. The number of halogens is 1. The van der Waals surface area contributed by atoms with Gasteiger partial charge in [0.2, 0.25) is 17.5 Å². The van der Waals surface area contributed by atoms with E-state index in [0.29, 0.717) is 0 Å². The highest BCUT2D eigenvalue weighted by atomic mass is 35.5. The first kappa shape index (κ1) is 15.4. The van der Waals surface area contributed by atoms with Gasteiger partial charge < -0.3 is 9.64 Å². The van der Waals surface area contributed by atoms with Crippen LogP contribution < -0.4 is 0 Å². The van der Waals surface area contributed by atoms with E-state index in [1.54, 1.807) is 24.3 Å². The Kier molecular flexibility index (Phi) is 4.55. The van der Waals surface area contributed by atoms with Crippen LogP contribution in [0.4, 0.5) is 0 Å². The molecule has 0 bridgehead atoms. The number of nitrogens with zero attached hydrogens (tertiary/aromatic N) is 1. The van der Waals surface area contributed by atoms with Crippen molar-refractivity contribution < 1.29 is 19.1 Å². The predicted molar refractivity (Wildman–Crippen MR) is 77.2 cm³/mol. The van der Waals surface area contributed by atoms with Crippen LogP contribution in [0.25, 0.3) is 0 Å². The fourth-order valence-electron chi connectivity index (χ4n) is 2.18. The van der Waals surface area contributed by atoms with Crippen LogP contribution in [0.15, 0.2) is 35.0 Å². The third-order valence-corrected chi connectivity index (χ3v) is 3.56. The Morgan fingerprint density at radius 2 is 1.76 bits per heavy atom. The first-order valence-corrected chi connectivity index (χ1v) is 6.72. The van der Waals surface area contributed by atoms with Crippen LogP contribution in [0.3, 0.4) is 0 Å². The smallest absolute Gasteiger partial charge is 0.224 e. The number of amides is 1. The molecule has 1 aromatic carbocycles. The number of carbonyl (C=O) groups excluding carboxylic acids is 3. The Morgan fingerprint density at radius 1 is 1.19 bits per heavy atom. The summed E-state index contributed by atoms with van der Waals surface area (Å²) < 4.78 is 4.92. The SMILES string of the molecule is COCCN(C(C)=O)C1=C(Cl)C(=O)c2ccccc2C1=O. The summed E-state index contributed by atoms with van der Waals surface area (Å²) in [5.74, 6) is -1.26. The Bertz CT molecular complexity index is 651. The van der Waals surface area contributed by atoms with Crippen molar-refractivity contribution in [2.24, 2.45) is 0 Å². The molecule has 1 aromatic rings.